The topological polar surface area (TPSA) is 26.0 Å². The lowest BCUT2D eigenvalue weighted by atomic mass is 10.2. The number of rotatable bonds is 3. The highest BCUT2D eigenvalue weighted by Gasteiger charge is 1.83. The van der Waals surface area contributed by atoms with E-state index < -0.39 is 0 Å². The molecule has 56 valence electrons. The van der Waals surface area contributed by atoms with E-state index in [4.69, 9.17) is 17.3 Å². The van der Waals surface area contributed by atoms with Crippen LogP contribution in [-0.4, -0.2) is 6.54 Å². The van der Waals surface area contributed by atoms with Crippen LogP contribution in [0.3, 0.4) is 0 Å². The van der Waals surface area contributed by atoms with Gasteiger partial charge in [0.15, 0.2) is 0 Å². The maximum Gasteiger partial charge on any atom is 0.0334 e. The molecule has 1 nitrogen and oxygen atoms in total. The summed E-state index contributed by atoms with van der Waals surface area (Å²) < 4.78 is 0. The predicted molar refractivity (Wildman–Crippen MR) is 46.9 cm³/mol. The Hall–Kier alpha value is -0.530. The molecule has 0 radical (unpaired) electrons. The lowest BCUT2D eigenvalue weighted by molar-refractivity contribution is 1.18. The fraction of sp³-hybridized carbons (Fsp3) is 0.250. The summed E-state index contributed by atoms with van der Waals surface area (Å²) in [6.45, 7) is 5.98. The number of allylic oxidation sites excluding steroid dienone is 3. The van der Waals surface area contributed by atoms with Gasteiger partial charge in [0.25, 0.3) is 0 Å². The zero-order chi connectivity index (χ0) is 7.98. The van der Waals surface area contributed by atoms with Gasteiger partial charge in [-0.25, -0.2) is 0 Å². The van der Waals surface area contributed by atoms with E-state index in [2.05, 4.69) is 6.58 Å². The Balaban J connectivity index is 3.98. The molecule has 0 aromatic carbocycles. The second-order valence-corrected chi connectivity index (χ2v) is 2.33. The van der Waals surface area contributed by atoms with Gasteiger partial charge in [-0.1, -0.05) is 30.3 Å². The highest BCUT2D eigenvalue weighted by Crippen LogP contribution is 2.01. The molecular formula is C8H12ClN. The normalized spacial score (nSPS) is 12.5. The molecule has 0 unspecified atom stereocenters. The standard InChI is InChI=1S/C8H12ClN/c1-3-8(6-10)5-4-7(2)9/h3-5H,2,6,10H2,1H3/b5-4-,8-3+. The Labute approximate surface area is 66.9 Å². The second kappa shape index (κ2) is 5.27. The Morgan fingerprint density at radius 1 is 1.60 bits per heavy atom. The highest BCUT2D eigenvalue weighted by atomic mass is 35.5. The molecule has 0 aliphatic carbocycles. The van der Waals surface area contributed by atoms with Crippen molar-refractivity contribution >= 4 is 11.6 Å². The lowest BCUT2D eigenvalue weighted by Crippen LogP contribution is -1.99. The van der Waals surface area contributed by atoms with E-state index in [1.165, 1.54) is 0 Å². The molecule has 0 rings (SSSR count). The molecular weight excluding hydrogens is 146 g/mol. The molecule has 0 bridgehead atoms. The van der Waals surface area contributed by atoms with Crippen LogP contribution in [0.25, 0.3) is 0 Å². The van der Waals surface area contributed by atoms with Gasteiger partial charge in [0, 0.05) is 11.6 Å². The molecule has 2 N–H and O–H groups in total. The molecule has 0 aliphatic heterocycles. The van der Waals surface area contributed by atoms with Crippen LogP contribution in [0, 0.1) is 0 Å². The van der Waals surface area contributed by atoms with Crippen molar-refractivity contribution in [2.45, 2.75) is 6.92 Å². The molecule has 10 heavy (non-hydrogen) atoms. The van der Waals surface area contributed by atoms with Crippen molar-refractivity contribution in [1.82, 2.24) is 0 Å². The van der Waals surface area contributed by atoms with Crippen LogP contribution in [0.5, 0.6) is 0 Å². The number of hydrogen-bond acceptors (Lipinski definition) is 1. The van der Waals surface area contributed by atoms with E-state index in [1.807, 2.05) is 19.1 Å². The zero-order valence-electron chi connectivity index (χ0n) is 6.10. The molecule has 0 aliphatic rings. The molecule has 0 amide bonds. The Bertz CT molecular complexity index is 168. The third-order valence-electron chi connectivity index (χ3n) is 1.08. The Kier molecular flexibility index (Phi) is 4.99. The third-order valence-corrected chi connectivity index (χ3v) is 1.21. The van der Waals surface area contributed by atoms with Crippen molar-refractivity contribution in [3.63, 3.8) is 0 Å². The Morgan fingerprint density at radius 2 is 2.20 bits per heavy atom. The zero-order valence-corrected chi connectivity index (χ0v) is 6.86. The average molecular weight is 158 g/mol. The van der Waals surface area contributed by atoms with Gasteiger partial charge in [-0.2, -0.15) is 0 Å². The first-order valence-electron chi connectivity index (χ1n) is 3.08. The summed E-state index contributed by atoms with van der Waals surface area (Å²) >= 11 is 5.49. The lowest BCUT2D eigenvalue weighted by Gasteiger charge is -1.92. The van der Waals surface area contributed by atoms with Crippen molar-refractivity contribution in [3.8, 4) is 0 Å². The summed E-state index contributed by atoms with van der Waals surface area (Å²) in [5.74, 6) is 0. The van der Waals surface area contributed by atoms with Gasteiger partial charge in [-0.3, -0.25) is 0 Å². The summed E-state index contributed by atoms with van der Waals surface area (Å²) in [7, 11) is 0. The molecule has 0 fully saturated rings. The summed E-state index contributed by atoms with van der Waals surface area (Å²) in [5.41, 5.74) is 6.43. The van der Waals surface area contributed by atoms with Crippen molar-refractivity contribution in [2.24, 2.45) is 5.73 Å². The monoisotopic (exact) mass is 157 g/mol. The van der Waals surface area contributed by atoms with E-state index in [0.29, 0.717) is 11.6 Å². The predicted octanol–water partition coefficient (Wildman–Crippen LogP) is 2.20. The van der Waals surface area contributed by atoms with E-state index in [9.17, 15) is 0 Å². The van der Waals surface area contributed by atoms with Gasteiger partial charge in [-0.15, -0.1) is 0 Å². The van der Waals surface area contributed by atoms with Crippen LogP contribution < -0.4 is 5.73 Å². The van der Waals surface area contributed by atoms with Crippen molar-refractivity contribution in [2.75, 3.05) is 6.54 Å². The molecule has 0 saturated carbocycles. The largest absolute Gasteiger partial charge is 0.327 e. The third kappa shape index (κ3) is 4.36. The SMILES string of the molecule is C=C(Cl)/C=C\C(=C/C)CN. The fourth-order valence-electron chi connectivity index (χ4n) is 0.480. The van der Waals surface area contributed by atoms with Crippen molar-refractivity contribution in [3.05, 3.63) is 35.4 Å². The van der Waals surface area contributed by atoms with Crippen molar-refractivity contribution < 1.29 is 0 Å². The molecule has 0 heterocycles. The second-order valence-electron chi connectivity index (χ2n) is 1.85. The van der Waals surface area contributed by atoms with E-state index in [1.54, 1.807) is 6.08 Å². The van der Waals surface area contributed by atoms with Crippen LogP contribution in [-0.2, 0) is 0 Å². The molecule has 2 heteroatoms. The van der Waals surface area contributed by atoms with Crippen LogP contribution in [0.1, 0.15) is 6.92 Å². The number of halogens is 1. The first kappa shape index (κ1) is 9.47. The van der Waals surface area contributed by atoms with Gasteiger partial charge >= 0.3 is 0 Å². The summed E-state index contributed by atoms with van der Waals surface area (Å²) in [6.07, 6.45) is 5.52. The average Bonchev–Trinajstić information content (AvgIpc) is 1.90. The maximum atomic E-state index is 5.49. The first-order chi connectivity index (χ1) is 4.70. The smallest absolute Gasteiger partial charge is 0.0334 e. The molecule has 0 spiro atoms. The van der Waals surface area contributed by atoms with Gasteiger partial charge in [-0.05, 0) is 18.6 Å². The van der Waals surface area contributed by atoms with Gasteiger partial charge in [0.2, 0.25) is 0 Å². The summed E-state index contributed by atoms with van der Waals surface area (Å²) in [5, 5.41) is 0.521. The van der Waals surface area contributed by atoms with E-state index in [-0.39, 0.29) is 0 Å². The van der Waals surface area contributed by atoms with E-state index >= 15 is 0 Å². The number of hydrogen-bond donors (Lipinski definition) is 1. The fourth-order valence-corrected chi connectivity index (χ4v) is 0.543. The minimum absolute atomic E-state index is 0.521. The van der Waals surface area contributed by atoms with Crippen LogP contribution >= 0.6 is 11.6 Å². The van der Waals surface area contributed by atoms with Crippen LogP contribution in [0.4, 0.5) is 0 Å². The van der Waals surface area contributed by atoms with Gasteiger partial charge < -0.3 is 5.73 Å². The highest BCUT2D eigenvalue weighted by molar-refractivity contribution is 6.30. The summed E-state index contributed by atoms with van der Waals surface area (Å²) in [6, 6.07) is 0. The minimum atomic E-state index is 0.521. The molecule has 0 aromatic rings. The van der Waals surface area contributed by atoms with Crippen LogP contribution in [0.2, 0.25) is 0 Å². The van der Waals surface area contributed by atoms with Crippen molar-refractivity contribution in [1.29, 1.82) is 0 Å². The van der Waals surface area contributed by atoms with Gasteiger partial charge in [0.05, 0.1) is 0 Å². The van der Waals surface area contributed by atoms with Crippen LogP contribution in [0.15, 0.2) is 35.4 Å². The Morgan fingerprint density at radius 3 is 2.50 bits per heavy atom. The first-order valence-corrected chi connectivity index (χ1v) is 3.46. The maximum absolute atomic E-state index is 5.49. The summed E-state index contributed by atoms with van der Waals surface area (Å²) in [4.78, 5) is 0. The minimum Gasteiger partial charge on any atom is -0.327 e. The molecule has 0 atom stereocenters. The van der Waals surface area contributed by atoms with E-state index in [0.717, 1.165) is 5.57 Å². The quantitative estimate of drug-likeness (QED) is 0.625. The van der Waals surface area contributed by atoms with Gasteiger partial charge in [0.1, 0.15) is 0 Å². The number of nitrogens with two attached hydrogens (primary N) is 1. The molecule has 0 saturated heterocycles. The molecule has 0 aromatic heterocycles.